The van der Waals surface area contributed by atoms with Gasteiger partial charge in [-0.2, -0.15) is 0 Å². The second-order valence-corrected chi connectivity index (χ2v) is 6.98. The molecule has 0 unspecified atom stereocenters. The summed E-state index contributed by atoms with van der Waals surface area (Å²) < 4.78 is 5.24. The predicted molar refractivity (Wildman–Crippen MR) is 101 cm³/mol. The fourth-order valence-electron chi connectivity index (χ4n) is 2.56. The number of carbonyl (C=O) groups excluding carboxylic acids is 1. The van der Waals surface area contributed by atoms with Gasteiger partial charge >= 0.3 is 0 Å². The van der Waals surface area contributed by atoms with Gasteiger partial charge in [-0.05, 0) is 29.2 Å². The van der Waals surface area contributed by atoms with Crippen molar-refractivity contribution in [2.45, 2.75) is 32.7 Å². The number of rotatable bonds is 5. The lowest BCUT2D eigenvalue weighted by atomic mass is 9.86. The third-order valence-corrected chi connectivity index (χ3v) is 3.90. The van der Waals surface area contributed by atoms with Crippen molar-refractivity contribution in [3.63, 3.8) is 0 Å². The predicted octanol–water partition coefficient (Wildman–Crippen LogP) is 4.23. The molecule has 26 heavy (non-hydrogen) atoms. The molecule has 1 amide bonds. The van der Waals surface area contributed by atoms with Crippen molar-refractivity contribution < 1.29 is 9.21 Å². The normalized spacial score (nSPS) is 11.2. The first-order valence-electron chi connectivity index (χ1n) is 8.42. The Morgan fingerprint density at radius 2 is 1.81 bits per heavy atom. The Labute approximate surface area is 152 Å². The van der Waals surface area contributed by atoms with Crippen molar-refractivity contribution in [3.05, 3.63) is 71.9 Å². The molecule has 0 spiro atoms. The average Bonchev–Trinajstić information content (AvgIpc) is 3.13. The molecule has 6 heteroatoms. The van der Waals surface area contributed by atoms with Crippen LogP contribution in [0.2, 0.25) is 0 Å². The number of nitrogens with zero attached hydrogens (tertiary/aromatic N) is 2. The SMILES string of the molecule is CC(C)(C)c1ccccc1NC(=O)c1cnc(NCc2ccco2)nc1. The first-order valence-corrected chi connectivity index (χ1v) is 8.42. The van der Waals surface area contributed by atoms with E-state index in [1.54, 1.807) is 6.26 Å². The van der Waals surface area contributed by atoms with Crippen molar-refractivity contribution in [2.75, 3.05) is 10.6 Å². The molecule has 0 bridgehead atoms. The maximum atomic E-state index is 12.5. The molecule has 0 saturated heterocycles. The Kier molecular flexibility index (Phi) is 5.02. The van der Waals surface area contributed by atoms with Gasteiger partial charge in [0.05, 0.1) is 18.4 Å². The molecular formula is C20H22N4O2. The van der Waals surface area contributed by atoms with E-state index in [9.17, 15) is 4.79 Å². The zero-order chi connectivity index (χ0) is 18.6. The van der Waals surface area contributed by atoms with Gasteiger partial charge in [-0.15, -0.1) is 0 Å². The molecule has 0 aliphatic carbocycles. The molecule has 2 heterocycles. The van der Waals surface area contributed by atoms with Crippen LogP contribution in [0.1, 0.15) is 42.5 Å². The van der Waals surface area contributed by atoms with E-state index in [4.69, 9.17) is 4.42 Å². The first kappa shape index (κ1) is 17.7. The molecule has 3 rings (SSSR count). The van der Waals surface area contributed by atoms with E-state index in [2.05, 4.69) is 41.4 Å². The molecule has 3 aromatic rings. The Hall–Kier alpha value is -3.15. The summed E-state index contributed by atoms with van der Waals surface area (Å²) in [4.78, 5) is 20.9. The number of hydrogen-bond acceptors (Lipinski definition) is 5. The van der Waals surface area contributed by atoms with Gasteiger partial charge < -0.3 is 15.1 Å². The highest BCUT2D eigenvalue weighted by atomic mass is 16.3. The minimum absolute atomic E-state index is 0.0694. The van der Waals surface area contributed by atoms with Crippen LogP contribution in [0.4, 0.5) is 11.6 Å². The van der Waals surface area contributed by atoms with Crippen LogP contribution in [0, 0.1) is 0 Å². The van der Waals surface area contributed by atoms with Gasteiger partial charge in [0.25, 0.3) is 5.91 Å². The summed E-state index contributed by atoms with van der Waals surface area (Å²) in [5, 5.41) is 6.00. The van der Waals surface area contributed by atoms with Crippen LogP contribution in [-0.2, 0) is 12.0 Å². The van der Waals surface area contributed by atoms with E-state index in [0.717, 1.165) is 17.0 Å². The molecule has 0 atom stereocenters. The second-order valence-electron chi connectivity index (χ2n) is 6.98. The summed E-state index contributed by atoms with van der Waals surface area (Å²) in [7, 11) is 0. The van der Waals surface area contributed by atoms with E-state index in [-0.39, 0.29) is 11.3 Å². The maximum Gasteiger partial charge on any atom is 0.258 e. The topological polar surface area (TPSA) is 80.0 Å². The van der Waals surface area contributed by atoms with E-state index < -0.39 is 0 Å². The van der Waals surface area contributed by atoms with Crippen LogP contribution in [0.5, 0.6) is 0 Å². The van der Waals surface area contributed by atoms with Crippen molar-refractivity contribution in [3.8, 4) is 0 Å². The number of anilines is 2. The highest BCUT2D eigenvalue weighted by Crippen LogP contribution is 2.29. The van der Waals surface area contributed by atoms with Crippen molar-refractivity contribution >= 4 is 17.5 Å². The van der Waals surface area contributed by atoms with Crippen molar-refractivity contribution in [2.24, 2.45) is 0 Å². The zero-order valence-electron chi connectivity index (χ0n) is 15.1. The second kappa shape index (κ2) is 7.39. The maximum absolute atomic E-state index is 12.5. The van der Waals surface area contributed by atoms with Gasteiger partial charge in [-0.25, -0.2) is 9.97 Å². The van der Waals surface area contributed by atoms with Gasteiger partial charge in [0.1, 0.15) is 5.76 Å². The number of nitrogens with one attached hydrogen (secondary N) is 2. The summed E-state index contributed by atoms with van der Waals surface area (Å²) in [5.41, 5.74) is 2.20. The van der Waals surface area contributed by atoms with Gasteiger partial charge in [0.15, 0.2) is 0 Å². The van der Waals surface area contributed by atoms with E-state index in [0.29, 0.717) is 18.1 Å². The molecule has 1 aromatic carbocycles. The molecule has 2 N–H and O–H groups in total. The highest BCUT2D eigenvalue weighted by Gasteiger charge is 2.19. The molecule has 134 valence electrons. The lowest BCUT2D eigenvalue weighted by molar-refractivity contribution is 0.102. The largest absolute Gasteiger partial charge is 0.467 e. The van der Waals surface area contributed by atoms with Gasteiger partial charge in [0, 0.05) is 18.1 Å². The molecule has 0 radical (unpaired) electrons. The number of aromatic nitrogens is 2. The number of para-hydroxylation sites is 1. The van der Waals surface area contributed by atoms with Crippen LogP contribution in [0.25, 0.3) is 0 Å². The van der Waals surface area contributed by atoms with Crippen LogP contribution in [0.3, 0.4) is 0 Å². The lowest BCUT2D eigenvalue weighted by Crippen LogP contribution is -2.19. The smallest absolute Gasteiger partial charge is 0.258 e. The summed E-state index contributed by atoms with van der Waals surface area (Å²) in [6.45, 7) is 6.82. The molecule has 0 fully saturated rings. The molecule has 0 aliphatic heterocycles. The van der Waals surface area contributed by atoms with Crippen LogP contribution >= 0.6 is 0 Å². The minimum Gasteiger partial charge on any atom is -0.467 e. The van der Waals surface area contributed by atoms with E-state index in [1.807, 2.05) is 36.4 Å². The zero-order valence-corrected chi connectivity index (χ0v) is 15.1. The molecule has 2 aromatic heterocycles. The van der Waals surface area contributed by atoms with Crippen molar-refractivity contribution in [1.29, 1.82) is 0 Å². The van der Waals surface area contributed by atoms with Gasteiger partial charge in [0.2, 0.25) is 5.95 Å². The Balaban J connectivity index is 1.67. The fraction of sp³-hybridized carbons (Fsp3) is 0.250. The average molecular weight is 350 g/mol. The molecule has 6 nitrogen and oxygen atoms in total. The van der Waals surface area contributed by atoms with Crippen molar-refractivity contribution in [1.82, 2.24) is 9.97 Å². The van der Waals surface area contributed by atoms with E-state index in [1.165, 1.54) is 12.4 Å². The Morgan fingerprint density at radius 3 is 2.46 bits per heavy atom. The minimum atomic E-state index is -0.237. The Bertz CT molecular complexity index is 866. The molecule has 0 saturated carbocycles. The first-order chi connectivity index (χ1) is 12.4. The van der Waals surface area contributed by atoms with Crippen LogP contribution in [-0.4, -0.2) is 15.9 Å². The number of furan rings is 1. The number of benzene rings is 1. The summed E-state index contributed by atoms with van der Waals surface area (Å²) in [6, 6.07) is 11.5. The number of carbonyl (C=O) groups is 1. The van der Waals surface area contributed by atoms with Crippen LogP contribution < -0.4 is 10.6 Å². The summed E-state index contributed by atoms with van der Waals surface area (Å²) in [6.07, 6.45) is 4.62. The van der Waals surface area contributed by atoms with Gasteiger partial charge in [-0.3, -0.25) is 4.79 Å². The fourth-order valence-corrected chi connectivity index (χ4v) is 2.56. The quantitative estimate of drug-likeness (QED) is 0.720. The third kappa shape index (κ3) is 4.27. The Morgan fingerprint density at radius 1 is 1.08 bits per heavy atom. The standard InChI is InChI=1S/C20H22N4O2/c1-20(2,3)16-8-4-5-9-17(16)24-18(25)14-11-21-19(22-12-14)23-13-15-7-6-10-26-15/h4-12H,13H2,1-3H3,(H,24,25)(H,21,22,23). The lowest BCUT2D eigenvalue weighted by Gasteiger charge is -2.22. The van der Waals surface area contributed by atoms with Gasteiger partial charge in [-0.1, -0.05) is 39.0 Å². The molecular weight excluding hydrogens is 328 g/mol. The number of hydrogen-bond donors (Lipinski definition) is 2. The highest BCUT2D eigenvalue weighted by molar-refractivity contribution is 6.04. The van der Waals surface area contributed by atoms with E-state index >= 15 is 0 Å². The number of amides is 1. The third-order valence-electron chi connectivity index (χ3n) is 3.90. The molecule has 0 aliphatic rings. The summed E-state index contributed by atoms with van der Waals surface area (Å²) in [5.74, 6) is 0.988. The van der Waals surface area contributed by atoms with Crippen LogP contribution in [0.15, 0.2) is 59.5 Å². The monoisotopic (exact) mass is 350 g/mol. The summed E-state index contributed by atoms with van der Waals surface area (Å²) >= 11 is 0.